The number of allylic oxidation sites excluding steroid dienone is 1. The summed E-state index contributed by atoms with van der Waals surface area (Å²) in [4.78, 5) is 25.0. The molecule has 1 fully saturated rings. The first-order valence-electron chi connectivity index (χ1n) is 17.4. The van der Waals surface area contributed by atoms with Crippen LogP contribution >= 0.6 is 11.6 Å². The van der Waals surface area contributed by atoms with Crippen LogP contribution in [0, 0.1) is 11.8 Å². The molecule has 1 amide bonds. The topological polar surface area (TPSA) is 124 Å². The second-order valence-corrected chi connectivity index (χ2v) is 16.7. The Morgan fingerprint density at radius 3 is 2.88 bits per heavy atom. The van der Waals surface area contributed by atoms with Gasteiger partial charge in [-0.1, -0.05) is 29.8 Å². The average Bonchev–Trinajstić information content (AvgIpc) is 3.41. The van der Waals surface area contributed by atoms with Crippen LogP contribution in [-0.2, 0) is 33.5 Å². The average molecular weight is 716 g/mol. The van der Waals surface area contributed by atoms with Crippen LogP contribution < -0.4 is 14.4 Å². The first-order valence-corrected chi connectivity index (χ1v) is 19.5. The molecule has 0 unspecified atom stereocenters. The van der Waals surface area contributed by atoms with Gasteiger partial charge in [0.05, 0.1) is 29.5 Å². The maximum atomic E-state index is 14.6. The zero-order valence-corrected chi connectivity index (χ0v) is 30.0. The highest BCUT2D eigenvalue weighted by Gasteiger charge is 2.44. The van der Waals surface area contributed by atoms with E-state index in [4.69, 9.17) is 21.1 Å². The van der Waals surface area contributed by atoms with E-state index in [1.165, 1.54) is 17.5 Å². The predicted octanol–water partition coefficient (Wildman–Crippen LogP) is 6.52. The third-order valence-electron chi connectivity index (χ3n) is 10.9. The first-order chi connectivity index (χ1) is 24.2. The summed E-state index contributed by atoms with van der Waals surface area (Å²) in [5.41, 5.74) is 4.02. The lowest BCUT2D eigenvalue weighted by Gasteiger charge is -2.46. The summed E-state index contributed by atoms with van der Waals surface area (Å²) in [5, 5.41) is 5.70. The molecule has 2 aliphatic carbocycles. The van der Waals surface area contributed by atoms with Gasteiger partial charge in [0.2, 0.25) is 0 Å². The van der Waals surface area contributed by atoms with E-state index in [9.17, 15) is 9.00 Å². The van der Waals surface area contributed by atoms with Crippen LogP contribution in [0.1, 0.15) is 60.0 Å². The molecule has 5 atom stereocenters. The third kappa shape index (κ3) is 6.26. The predicted molar refractivity (Wildman–Crippen MR) is 195 cm³/mol. The van der Waals surface area contributed by atoms with E-state index in [1.807, 2.05) is 18.2 Å². The van der Waals surface area contributed by atoms with E-state index in [-0.39, 0.29) is 17.3 Å². The van der Waals surface area contributed by atoms with Crippen LogP contribution in [0.5, 0.6) is 5.75 Å². The van der Waals surface area contributed by atoms with Gasteiger partial charge in [-0.15, -0.1) is 4.36 Å². The Kier molecular flexibility index (Phi) is 8.81. The molecule has 262 valence electrons. The zero-order valence-electron chi connectivity index (χ0n) is 28.4. The highest BCUT2D eigenvalue weighted by Crippen LogP contribution is 2.47. The molecule has 1 spiro atoms. The number of ether oxygens (including phenoxy) is 2. The van der Waals surface area contributed by atoms with Gasteiger partial charge < -0.3 is 14.4 Å². The minimum Gasteiger partial charge on any atom is -0.490 e. The molecule has 4 heterocycles. The van der Waals surface area contributed by atoms with Crippen molar-refractivity contribution in [3.8, 4) is 5.75 Å². The molecule has 1 N–H and O–H groups in total. The Morgan fingerprint density at radius 2 is 2.04 bits per heavy atom. The van der Waals surface area contributed by atoms with Crippen molar-refractivity contribution in [1.29, 1.82) is 0 Å². The molecule has 4 aliphatic rings. The fourth-order valence-corrected chi connectivity index (χ4v) is 10.1. The Bertz CT molecular complexity index is 2110. The maximum Gasteiger partial charge on any atom is 0.286 e. The van der Waals surface area contributed by atoms with Crippen LogP contribution in [0.4, 0.5) is 11.5 Å². The van der Waals surface area contributed by atoms with Crippen molar-refractivity contribution < 1.29 is 18.5 Å². The van der Waals surface area contributed by atoms with Crippen molar-refractivity contribution in [2.45, 2.75) is 56.5 Å². The lowest BCUT2D eigenvalue weighted by atomic mass is 9.68. The molecule has 8 rings (SSSR count). The molecule has 0 radical (unpaired) electrons. The summed E-state index contributed by atoms with van der Waals surface area (Å²) in [6.45, 7) is 2.08. The number of fused-ring (bicyclic) bond motifs is 5. The van der Waals surface area contributed by atoms with Crippen molar-refractivity contribution in [1.82, 2.24) is 19.7 Å². The van der Waals surface area contributed by atoms with Gasteiger partial charge in [-0.3, -0.25) is 14.2 Å². The van der Waals surface area contributed by atoms with Crippen LogP contribution in [0.2, 0.25) is 5.02 Å². The van der Waals surface area contributed by atoms with Crippen LogP contribution in [-0.4, -0.2) is 68.5 Å². The van der Waals surface area contributed by atoms with Gasteiger partial charge in [0.1, 0.15) is 22.0 Å². The van der Waals surface area contributed by atoms with Gasteiger partial charge in [-0.2, -0.15) is 5.10 Å². The number of hydrogen-bond donors (Lipinski definition) is 1. The van der Waals surface area contributed by atoms with Crippen LogP contribution in [0.3, 0.4) is 0 Å². The smallest absolute Gasteiger partial charge is 0.286 e. The fraction of sp³-hybridized carbons (Fsp3) is 0.459. The second-order valence-electron chi connectivity index (χ2n) is 14.2. The molecule has 13 heteroatoms. The lowest BCUT2D eigenvalue weighted by Crippen LogP contribution is -2.49. The van der Waals surface area contributed by atoms with Gasteiger partial charge in [-0.25, -0.2) is 14.2 Å². The molecule has 0 saturated heterocycles. The number of nitrogens with zero attached hydrogens (tertiary/aromatic N) is 6. The molecular weight excluding hydrogens is 674 g/mol. The third-order valence-corrected chi connectivity index (χ3v) is 13.0. The van der Waals surface area contributed by atoms with Crippen molar-refractivity contribution in [3.05, 3.63) is 82.8 Å². The number of carbonyl (C=O) groups is 1. The molecule has 11 nitrogen and oxygen atoms in total. The number of carbonyl (C=O) groups excluding carboxylic acids is 1. The number of aromatic nitrogens is 4. The van der Waals surface area contributed by atoms with E-state index in [2.05, 4.69) is 53.3 Å². The van der Waals surface area contributed by atoms with Gasteiger partial charge in [0.15, 0.2) is 11.5 Å². The standard InChI is InChI=1S/C37H42ClN7O4S/c1-44-20-29-34(41-44)39-23-40-35(29)42-50(47)16-5-3-4-8-32(48-2)28-12-9-26(28)19-45-21-37(15-6-7-24-17-27(38)11-13-30(24)37)22-49-33-14-10-25(18-31(33)45)36(46)43-50/h4,8,10-11,13-14,17-18,20,23,26,28,32H,3,5-7,9,12,15-16,19,21-22H2,1-2H3,(H,39,40,41,42,43,46,47)/b8-4+/t26-,28+,32-,37-,50+/m0/s1. The molecular formula is C37H42ClN7O4S. The minimum atomic E-state index is -3.30. The Morgan fingerprint density at radius 1 is 1.14 bits per heavy atom. The van der Waals surface area contributed by atoms with Crippen molar-refractivity contribution in [2.24, 2.45) is 23.2 Å². The van der Waals surface area contributed by atoms with E-state index < -0.39 is 15.8 Å². The first kappa shape index (κ1) is 33.2. The molecule has 2 aromatic heterocycles. The fourth-order valence-electron chi connectivity index (χ4n) is 8.30. The van der Waals surface area contributed by atoms with Crippen molar-refractivity contribution in [3.63, 3.8) is 0 Å². The van der Waals surface area contributed by atoms with E-state index in [0.29, 0.717) is 53.7 Å². The Hall–Kier alpha value is -4.00. The minimum absolute atomic E-state index is 0.0178. The van der Waals surface area contributed by atoms with E-state index >= 15 is 0 Å². The number of aryl methyl sites for hydroxylation is 2. The number of amides is 1. The normalized spacial score (nSPS) is 28.8. The maximum absolute atomic E-state index is 14.6. The Labute approximate surface area is 297 Å². The molecule has 2 bridgehead atoms. The monoisotopic (exact) mass is 715 g/mol. The van der Waals surface area contributed by atoms with Gasteiger partial charge in [0.25, 0.3) is 5.91 Å². The summed E-state index contributed by atoms with van der Waals surface area (Å²) in [6, 6.07) is 11.8. The number of anilines is 2. The lowest BCUT2D eigenvalue weighted by molar-refractivity contribution is 0.0132. The quantitative estimate of drug-likeness (QED) is 0.238. The number of nitrogens with one attached hydrogen (secondary N) is 1. The highest BCUT2D eigenvalue weighted by molar-refractivity contribution is 7.95. The van der Waals surface area contributed by atoms with Crippen molar-refractivity contribution in [2.75, 3.05) is 42.2 Å². The van der Waals surface area contributed by atoms with Gasteiger partial charge in [0, 0.05) is 49.4 Å². The molecule has 2 aromatic carbocycles. The number of halogens is 1. The SMILES string of the molecule is CO[C@H]1/C=C/CCC[S@@](=O)(Nc2ncnc3nn(C)cc23)=NC(=O)c2ccc3c(c2)N(C[C@@H]2CC[C@H]21)C[C@@]1(CCCc2cc(Cl)ccc21)CO3. The number of rotatable bonds is 3. The molecule has 2 aliphatic heterocycles. The highest BCUT2D eigenvalue weighted by atomic mass is 35.5. The molecule has 1 saturated carbocycles. The number of methoxy groups -OCH3 is 1. The largest absolute Gasteiger partial charge is 0.490 e. The second kappa shape index (κ2) is 13.3. The summed E-state index contributed by atoms with van der Waals surface area (Å²) in [7, 11) is 0.266. The Balaban J connectivity index is 1.21. The van der Waals surface area contributed by atoms with Gasteiger partial charge >= 0.3 is 0 Å². The number of hydrogen-bond acceptors (Lipinski definition) is 8. The summed E-state index contributed by atoms with van der Waals surface area (Å²) in [5.74, 6) is 1.44. The van der Waals surface area contributed by atoms with Crippen LogP contribution in [0.15, 0.2) is 65.4 Å². The van der Waals surface area contributed by atoms with Crippen LogP contribution in [0.25, 0.3) is 11.0 Å². The van der Waals surface area contributed by atoms with E-state index in [0.717, 1.165) is 61.7 Å². The van der Waals surface area contributed by atoms with Crippen molar-refractivity contribution >= 4 is 50.0 Å². The molecule has 4 aromatic rings. The molecule has 50 heavy (non-hydrogen) atoms. The summed E-state index contributed by atoms with van der Waals surface area (Å²) >= 11 is 6.46. The van der Waals surface area contributed by atoms with Gasteiger partial charge in [-0.05, 0) is 98.2 Å². The number of benzene rings is 2. The zero-order chi connectivity index (χ0) is 34.5. The summed E-state index contributed by atoms with van der Waals surface area (Å²) in [6.07, 6.45) is 13.8. The van der Waals surface area contributed by atoms with E-state index in [1.54, 1.807) is 31.1 Å². The summed E-state index contributed by atoms with van der Waals surface area (Å²) < 4.78 is 36.4.